The summed E-state index contributed by atoms with van der Waals surface area (Å²) in [4.78, 5) is 23.7. The maximum absolute atomic E-state index is 12.3. The standard InChI is InChI=1S/C18H14O7/c19-13-6-5-10(7-14(13)20)8-16(17(21)22)25-18(23)12-9-24-15-4-2-1-3-11(12)15/h1-7,9,16,19-20H,8H2,(H,21,22). The highest BCUT2D eigenvalue weighted by molar-refractivity contribution is 6.03. The molecule has 1 heterocycles. The molecule has 0 aliphatic rings. The van der Waals surface area contributed by atoms with Gasteiger partial charge in [0.2, 0.25) is 6.10 Å². The van der Waals surface area contributed by atoms with Gasteiger partial charge in [-0.05, 0) is 23.8 Å². The van der Waals surface area contributed by atoms with Crippen LogP contribution in [0.1, 0.15) is 15.9 Å². The number of carboxylic acid groups (broad SMARTS) is 1. The van der Waals surface area contributed by atoms with E-state index >= 15 is 0 Å². The molecule has 25 heavy (non-hydrogen) atoms. The summed E-state index contributed by atoms with van der Waals surface area (Å²) in [6.07, 6.45) is -0.395. The average molecular weight is 342 g/mol. The number of phenols is 2. The molecule has 0 spiro atoms. The Hall–Kier alpha value is -3.48. The largest absolute Gasteiger partial charge is 0.504 e. The van der Waals surface area contributed by atoms with E-state index in [4.69, 9.17) is 9.15 Å². The molecule has 1 aromatic heterocycles. The Labute approximate surface area is 141 Å². The Kier molecular flexibility index (Phi) is 4.30. The van der Waals surface area contributed by atoms with E-state index in [0.29, 0.717) is 16.5 Å². The molecule has 3 aromatic rings. The van der Waals surface area contributed by atoms with Gasteiger partial charge in [0.25, 0.3) is 0 Å². The third-order valence-electron chi connectivity index (χ3n) is 3.69. The first kappa shape index (κ1) is 16.4. The lowest BCUT2D eigenvalue weighted by atomic mass is 10.1. The minimum absolute atomic E-state index is 0.135. The van der Waals surface area contributed by atoms with Gasteiger partial charge in [-0.25, -0.2) is 9.59 Å². The van der Waals surface area contributed by atoms with E-state index < -0.39 is 18.0 Å². The van der Waals surface area contributed by atoms with E-state index in [2.05, 4.69) is 0 Å². The molecule has 0 aliphatic carbocycles. The van der Waals surface area contributed by atoms with Crippen LogP contribution < -0.4 is 0 Å². The third-order valence-corrected chi connectivity index (χ3v) is 3.69. The van der Waals surface area contributed by atoms with Crippen molar-refractivity contribution in [3.05, 3.63) is 59.9 Å². The fraction of sp³-hybridized carbons (Fsp3) is 0.111. The van der Waals surface area contributed by atoms with Gasteiger partial charge in [0.15, 0.2) is 11.5 Å². The highest BCUT2D eigenvalue weighted by Crippen LogP contribution is 2.26. The van der Waals surface area contributed by atoms with E-state index in [1.807, 2.05) is 0 Å². The van der Waals surface area contributed by atoms with Crippen LogP contribution in [0.5, 0.6) is 11.5 Å². The Morgan fingerprint density at radius 3 is 2.56 bits per heavy atom. The van der Waals surface area contributed by atoms with Gasteiger partial charge < -0.3 is 24.5 Å². The van der Waals surface area contributed by atoms with Gasteiger partial charge in [0.05, 0.1) is 0 Å². The lowest BCUT2D eigenvalue weighted by Gasteiger charge is -2.14. The normalized spacial score (nSPS) is 12.0. The Morgan fingerprint density at radius 2 is 1.84 bits per heavy atom. The van der Waals surface area contributed by atoms with Crippen molar-refractivity contribution in [1.82, 2.24) is 0 Å². The van der Waals surface area contributed by atoms with Crippen molar-refractivity contribution in [3.8, 4) is 11.5 Å². The van der Waals surface area contributed by atoms with Gasteiger partial charge in [-0.15, -0.1) is 0 Å². The minimum Gasteiger partial charge on any atom is -0.504 e. The highest BCUT2D eigenvalue weighted by Gasteiger charge is 2.25. The molecule has 7 heteroatoms. The maximum atomic E-state index is 12.3. The number of carbonyl (C=O) groups excluding carboxylic acids is 1. The van der Waals surface area contributed by atoms with E-state index in [-0.39, 0.29) is 23.5 Å². The molecule has 1 unspecified atom stereocenters. The fourth-order valence-electron chi connectivity index (χ4n) is 2.42. The van der Waals surface area contributed by atoms with Crippen LogP contribution in [0.4, 0.5) is 0 Å². The second kappa shape index (κ2) is 6.56. The fourth-order valence-corrected chi connectivity index (χ4v) is 2.42. The molecular formula is C18H14O7. The first-order chi connectivity index (χ1) is 12.0. The maximum Gasteiger partial charge on any atom is 0.345 e. The van der Waals surface area contributed by atoms with Crippen LogP contribution in [0, 0.1) is 0 Å². The molecule has 0 saturated carbocycles. The molecule has 1 atom stereocenters. The number of phenolic OH excluding ortho intramolecular Hbond substituents is 2. The first-order valence-electron chi connectivity index (χ1n) is 7.36. The summed E-state index contributed by atoms with van der Waals surface area (Å²) in [6.45, 7) is 0. The molecule has 0 aliphatic heterocycles. The van der Waals surface area contributed by atoms with Crippen LogP contribution in [0.3, 0.4) is 0 Å². The van der Waals surface area contributed by atoms with E-state index in [9.17, 15) is 24.9 Å². The van der Waals surface area contributed by atoms with Crippen LogP contribution in [0.2, 0.25) is 0 Å². The molecule has 0 fully saturated rings. The summed E-state index contributed by atoms with van der Waals surface area (Å²) < 4.78 is 10.3. The SMILES string of the molecule is O=C(OC(Cc1ccc(O)c(O)c1)C(=O)O)c1coc2ccccc12. The highest BCUT2D eigenvalue weighted by atomic mass is 16.6. The number of rotatable bonds is 5. The van der Waals surface area contributed by atoms with Crippen LogP contribution >= 0.6 is 0 Å². The molecule has 3 rings (SSSR count). The lowest BCUT2D eigenvalue weighted by molar-refractivity contribution is -0.147. The average Bonchev–Trinajstić information content (AvgIpc) is 3.01. The first-order valence-corrected chi connectivity index (χ1v) is 7.36. The van der Waals surface area contributed by atoms with Gasteiger partial charge in [0, 0.05) is 11.8 Å². The van der Waals surface area contributed by atoms with Gasteiger partial charge in [-0.3, -0.25) is 0 Å². The van der Waals surface area contributed by atoms with Crippen LogP contribution in [-0.4, -0.2) is 33.4 Å². The van der Waals surface area contributed by atoms with Crippen molar-refractivity contribution in [3.63, 3.8) is 0 Å². The summed E-state index contributed by atoms with van der Waals surface area (Å²) in [6, 6.07) is 10.7. The van der Waals surface area contributed by atoms with Gasteiger partial charge in [0.1, 0.15) is 17.4 Å². The molecule has 2 aromatic carbocycles. The van der Waals surface area contributed by atoms with Crippen LogP contribution in [0.25, 0.3) is 11.0 Å². The molecule has 128 valence electrons. The number of aliphatic carboxylic acids is 1. The quantitative estimate of drug-likeness (QED) is 0.482. The molecule has 0 saturated heterocycles. The summed E-state index contributed by atoms with van der Waals surface area (Å²) >= 11 is 0. The Morgan fingerprint density at radius 1 is 1.08 bits per heavy atom. The van der Waals surface area contributed by atoms with Crippen molar-refractivity contribution in [2.75, 3.05) is 0 Å². The monoisotopic (exact) mass is 342 g/mol. The predicted octanol–water partition coefficient (Wildman–Crippen LogP) is 2.70. The lowest BCUT2D eigenvalue weighted by Crippen LogP contribution is -2.29. The molecule has 0 amide bonds. The zero-order valence-corrected chi connectivity index (χ0v) is 12.9. The number of para-hydroxylation sites is 1. The van der Waals surface area contributed by atoms with E-state index in [0.717, 1.165) is 0 Å². The van der Waals surface area contributed by atoms with Crippen molar-refractivity contribution < 1.29 is 34.1 Å². The Bertz CT molecular complexity index is 942. The number of esters is 1. The van der Waals surface area contributed by atoms with Crippen LogP contribution in [0.15, 0.2) is 53.1 Å². The van der Waals surface area contributed by atoms with Gasteiger partial charge in [-0.1, -0.05) is 24.3 Å². The minimum atomic E-state index is -1.45. The smallest absolute Gasteiger partial charge is 0.345 e. The number of ether oxygens (including phenoxy) is 1. The predicted molar refractivity (Wildman–Crippen MR) is 86.5 cm³/mol. The number of hydrogen-bond acceptors (Lipinski definition) is 6. The number of aromatic hydroxyl groups is 2. The topological polar surface area (TPSA) is 117 Å². The Balaban J connectivity index is 1.80. The summed E-state index contributed by atoms with van der Waals surface area (Å²) in [7, 11) is 0. The number of carboxylic acids is 1. The van der Waals surface area contributed by atoms with E-state index in [1.165, 1.54) is 24.5 Å². The summed E-state index contributed by atoms with van der Waals surface area (Å²) in [5.74, 6) is -2.85. The molecule has 0 radical (unpaired) electrons. The van der Waals surface area contributed by atoms with Gasteiger partial charge in [-0.2, -0.15) is 0 Å². The molecular weight excluding hydrogens is 328 g/mol. The van der Waals surface area contributed by atoms with Crippen LogP contribution in [-0.2, 0) is 16.0 Å². The van der Waals surface area contributed by atoms with E-state index in [1.54, 1.807) is 24.3 Å². The van der Waals surface area contributed by atoms with Gasteiger partial charge >= 0.3 is 11.9 Å². The van der Waals surface area contributed by atoms with Crippen molar-refractivity contribution in [1.29, 1.82) is 0 Å². The number of furan rings is 1. The summed E-state index contributed by atoms with van der Waals surface area (Å²) in [5, 5.41) is 28.6. The molecule has 3 N–H and O–H groups in total. The third kappa shape index (κ3) is 3.40. The molecule has 7 nitrogen and oxygen atoms in total. The van der Waals surface area contributed by atoms with Crippen molar-refractivity contribution in [2.24, 2.45) is 0 Å². The molecule has 0 bridgehead atoms. The number of benzene rings is 2. The van der Waals surface area contributed by atoms with Crippen molar-refractivity contribution >= 4 is 22.9 Å². The number of carbonyl (C=O) groups is 2. The zero-order chi connectivity index (χ0) is 18.0. The second-order valence-corrected chi connectivity index (χ2v) is 5.40. The number of hydrogen-bond donors (Lipinski definition) is 3. The zero-order valence-electron chi connectivity index (χ0n) is 12.9. The van der Waals surface area contributed by atoms with Crippen molar-refractivity contribution in [2.45, 2.75) is 12.5 Å². The number of fused-ring (bicyclic) bond motifs is 1. The summed E-state index contributed by atoms with van der Waals surface area (Å²) in [5.41, 5.74) is 1.02. The second-order valence-electron chi connectivity index (χ2n) is 5.40.